The monoisotopic (exact) mass is 307 g/mol. The van der Waals surface area contributed by atoms with Gasteiger partial charge < -0.3 is 9.64 Å². The van der Waals surface area contributed by atoms with Crippen LogP contribution in [0.2, 0.25) is 0 Å². The number of ether oxygens (including phenoxy) is 1. The molecule has 21 heavy (non-hydrogen) atoms. The number of hydrogen-bond donors (Lipinski definition) is 0. The molecule has 1 aromatic heterocycles. The Labute approximate surface area is 131 Å². The largest absolute Gasteiger partial charge is 0.381 e. The fourth-order valence-corrected chi connectivity index (χ4v) is 4.77. The molecule has 2 saturated heterocycles. The van der Waals surface area contributed by atoms with Crippen LogP contribution in [0.3, 0.4) is 0 Å². The van der Waals surface area contributed by atoms with Crippen LogP contribution in [0.5, 0.6) is 0 Å². The number of fused-ring (bicyclic) bond motifs is 1. The maximum Gasteiger partial charge on any atom is 0.107 e. The molecule has 3 fully saturated rings. The van der Waals surface area contributed by atoms with Gasteiger partial charge in [0.25, 0.3) is 0 Å². The summed E-state index contributed by atoms with van der Waals surface area (Å²) in [5.74, 6) is 1.67. The van der Waals surface area contributed by atoms with E-state index in [1.54, 1.807) is 11.3 Å². The number of methoxy groups -OCH3 is 1. The highest BCUT2D eigenvalue weighted by Gasteiger charge is 2.45. The van der Waals surface area contributed by atoms with E-state index in [0.29, 0.717) is 18.1 Å². The second-order valence-corrected chi connectivity index (χ2v) is 7.83. The number of thiazole rings is 1. The van der Waals surface area contributed by atoms with Crippen molar-refractivity contribution >= 4 is 11.3 Å². The summed E-state index contributed by atoms with van der Waals surface area (Å²) in [4.78, 5) is 9.83. The zero-order valence-electron chi connectivity index (χ0n) is 12.8. The van der Waals surface area contributed by atoms with E-state index in [-0.39, 0.29) is 0 Å². The Balaban J connectivity index is 1.45. The molecule has 3 aliphatic rings. The van der Waals surface area contributed by atoms with Crippen molar-refractivity contribution in [3.05, 3.63) is 16.6 Å². The quantitative estimate of drug-likeness (QED) is 0.833. The third kappa shape index (κ3) is 3.02. The molecule has 0 spiro atoms. The summed E-state index contributed by atoms with van der Waals surface area (Å²) in [5, 5.41) is 3.34. The molecule has 0 aromatic carbocycles. The molecular weight excluding hydrogens is 282 g/mol. The molecule has 4 rings (SSSR count). The second kappa shape index (κ2) is 5.95. The van der Waals surface area contributed by atoms with Crippen LogP contribution >= 0.6 is 11.3 Å². The summed E-state index contributed by atoms with van der Waals surface area (Å²) >= 11 is 1.78. The number of hydrogen-bond acceptors (Lipinski definition) is 5. The smallest absolute Gasteiger partial charge is 0.107 e. The van der Waals surface area contributed by atoms with Gasteiger partial charge in [0.2, 0.25) is 0 Å². The Hall–Kier alpha value is -0.490. The maximum absolute atomic E-state index is 5.79. The van der Waals surface area contributed by atoms with Gasteiger partial charge in [-0.15, -0.1) is 11.3 Å². The van der Waals surface area contributed by atoms with Gasteiger partial charge in [-0.3, -0.25) is 4.90 Å². The number of aromatic nitrogens is 1. The van der Waals surface area contributed by atoms with Crippen molar-refractivity contribution in [2.75, 3.05) is 33.3 Å². The van der Waals surface area contributed by atoms with E-state index in [4.69, 9.17) is 4.74 Å². The molecule has 5 heteroatoms. The number of rotatable bonds is 5. The van der Waals surface area contributed by atoms with Gasteiger partial charge in [0.05, 0.1) is 12.6 Å². The predicted octanol–water partition coefficient (Wildman–Crippen LogP) is 2.07. The van der Waals surface area contributed by atoms with Crippen molar-refractivity contribution in [1.29, 1.82) is 0 Å². The van der Waals surface area contributed by atoms with Crippen LogP contribution in [-0.4, -0.2) is 60.2 Å². The highest BCUT2D eigenvalue weighted by atomic mass is 32.1. The first-order chi connectivity index (χ1) is 10.3. The summed E-state index contributed by atoms with van der Waals surface area (Å²) < 4.78 is 5.79. The summed E-state index contributed by atoms with van der Waals surface area (Å²) in [7, 11) is 1.89. The maximum atomic E-state index is 5.79. The zero-order chi connectivity index (χ0) is 14.2. The second-order valence-electron chi connectivity index (χ2n) is 6.85. The number of nitrogens with zero attached hydrogens (tertiary/aromatic N) is 3. The van der Waals surface area contributed by atoms with Crippen LogP contribution in [-0.2, 0) is 11.3 Å². The molecule has 1 aliphatic carbocycles. The van der Waals surface area contributed by atoms with Crippen LogP contribution in [0.4, 0.5) is 0 Å². The van der Waals surface area contributed by atoms with E-state index in [1.807, 2.05) is 13.3 Å². The summed E-state index contributed by atoms with van der Waals surface area (Å²) in [5.41, 5.74) is 0. The van der Waals surface area contributed by atoms with Gasteiger partial charge in [-0.2, -0.15) is 0 Å². The highest BCUT2D eigenvalue weighted by molar-refractivity contribution is 7.09. The minimum Gasteiger partial charge on any atom is -0.381 e. The van der Waals surface area contributed by atoms with Crippen LogP contribution in [0.1, 0.15) is 24.3 Å². The molecular formula is C16H25N3OS. The van der Waals surface area contributed by atoms with Crippen molar-refractivity contribution in [3.63, 3.8) is 0 Å². The Morgan fingerprint density at radius 2 is 2.24 bits per heavy atom. The molecule has 0 N–H and O–H groups in total. The van der Waals surface area contributed by atoms with Gasteiger partial charge in [0.15, 0.2) is 0 Å². The molecule has 0 bridgehead atoms. The number of likely N-dealkylation sites (tertiary alicyclic amines) is 2. The van der Waals surface area contributed by atoms with E-state index >= 15 is 0 Å². The third-order valence-corrected chi connectivity index (χ3v) is 6.16. The van der Waals surface area contributed by atoms with Gasteiger partial charge in [-0.05, 0) is 25.2 Å². The predicted molar refractivity (Wildman–Crippen MR) is 84.4 cm³/mol. The molecule has 3 heterocycles. The zero-order valence-corrected chi connectivity index (χ0v) is 13.6. The lowest BCUT2D eigenvalue weighted by molar-refractivity contribution is -0.0245. The Kier molecular flexibility index (Phi) is 4.00. The van der Waals surface area contributed by atoms with Crippen LogP contribution in [0.25, 0.3) is 0 Å². The van der Waals surface area contributed by atoms with Gasteiger partial charge in [-0.1, -0.05) is 0 Å². The van der Waals surface area contributed by atoms with E-state index in [9.17, 15) is 0 Å². The van der Waals surface area contributed by atoms with E-state index in [2.05, 4.69) is 20.2 Å². The molecule has 0 unspecified atom stereocenters. The molecule has 2 aliphatic heterocycles. The minimum atomic E-state index is 0.451. The minimum absolute atomic E-state index is 0.451. The lowest BCUT2D eigenvalue weighted by atomic mass is 9.89. The van der Waals surface area contributed by atoms with Crippen molar-refractivity contribution in [1.82, 2.24) is 14.8 Å². The normalized spacial score (nSPS) is 34.2. The van der Waals surface area contributed by atoms with Crippen LogP contribution < -0.4 is 0 Å². The Bertz CT molecular complexity index is 462. The topological polar surface area (TPSA) is 28.6 Å². The van der Waals surface area contributed by atoms with E-state index < -0.39 is 0 Å². The average molecular weight is 307 g/mol. The van der Waals surface area contributed by atoms with Crippen molar-refractivity contribution in [2.45, 2.75) is 38.0 Å². The highest BCUT2D eigenvalue weighted by Crippen LogP contribution is 2.36. The molecule has 1 aromatic rings. The standard InChI is InChI=1S/C16H25N3OS/c1-20-15-4-6-19(11-16-17-5-7-21-16)14-10-18(9-13(14)15)8-12-2-3-12/h5,7,12-15H,2-4,6,8-11H2,1H3/t13-,14+,15+/m0/s1. The summed E-state index contributed by atoms with van der Waals surface area (Å²) in [6.45, 7) is 5.94. The lowest BCUT2D eigenvalue weighted by Crippen LogP contribution is -2.50. The van der Waals surface area contributed by atoms with Crippen molar-refractivity contribution < 1.29 is 4.74 Å². The van der Waals surface area contributed by atoms with Crippen molar-refractivity contribution in [3.8, 4) is 0 Å². The van der Waals surface area contributed by atoms with Crippen LogP contribution in [0, 0.1) is 11.8 Å². The fraction of sp³-hybridized carbons (Fsp3) is 0.812. The lowest BCUT2D eigenvalue weighted by Gasteiger charge is -2.40. The molecule has 1 saturated carbocycles. The molecule has 4 nitrogen and oxygen atoms in total. The SMILES string of the molecule is CO[C@@H]1CCN(Cc2nccs2)[C@@H]2CN(CC3CC3)C[C@@H]21. The van der Waals surface area contributed by atoms with Gasteiger partial charge in [-0.25, -0.2) is 4.98 Å². The Morgan fingerprint density at radius 1 is 1.33 bits per heavy atom. The summed E-state index contributed by atoms with van der Waals surface area (Å²) in [6.07, 6.45) is 6.44. The molecule has 116 valence electrons. The fourth-order valence-electron chi connectivity index (χ4n) is 4.13. The first kappa shape index (κ1) is 14.1. The average Bonchev–Trinajstić information content (AvgIpc) is 2.99. The van der Waals surface area contributed by atoms with E-state index in [0.717, 1.165) is 19.0 Å². The Morgan fingerprint density at radius 3 is 2.95 bits per heavy atom. The third-order valence-electron chi connectivity index (χ3n) is 5.39. The van der Waals surface area contributed by atoms with Crippen LogP contribution in [0.15, 0.2) is 11.6 Å². The van der Waals surface area contributed by atoms with Gasteiger partial charge in [0, 0.05) is 56.8 Å². The molecule has 0 amide bonds. The van der Waals surface area contributed by atoms with Gasteiger partial charge >= 0.3 is 0 Å². The van der Waals surface area contributed by atoms with Crippen molar-refractivity contribution in [2.24, 2.45) is 11.8 Å². The summed E-state index contributed by atoms with van der Waals surface area (Å²) in [6, 6.07) is 0.659. The number of piperidine rings is 1. The van der Waals surface area contributed by atoms with E-state index in [1.165, 1.54) is 43.9 Å². The molecule has 0 radical (unpaired) electrons. The molecule has 3 atom stereocenters. The first-order valence-corrected chi connectivity index (χ1v) is 9.09. The first-order valence-electron chi connectivity index (χ1n) is 8.21. The van der Waals surface area contributed by atoms with Gasteiger partial charge in [0.1, 0.15) is 5.01 Å².